The van der Waals surface area contributed by atoms with Crippen LogP contribution in [0, 0.1) is 0 Å². The molecule has 0 heterocycles. The molecule has 3 heteroatoms. The van der Waals surface area contributed by atoms with Gasteiger partial charge in [-0.2, -0.15) is 0 Å². The van der Waals surface area contributed by atoms with Gasteiger partial charge in [-0.1, -0.05) is 30.3 Å². The van der Waals surface area contributed by atoms with E-state index in [-0.39, 0.29) is 0 Å². The van der Waals surface area contributed by atoms with Crippen LogP contribution in [-0.4, -0.2) is 19.3 Å². The van der Waals surface area contributed by atoms with Gasteiger partial charge in [-0.05, 0) is 30.7 Å². The van der Waals surface area contributed by atoms with Crippen LogP contribution in [0.1, 0.15) is 18.1 Å². The van der Waals surface area contributed by atoms with Crippen LogP contribution >= 0.6 is 0 Å². The minimum absolute atomic E-state index is 0.511. The lowest BCUT2D eigenvalue weighted by Gasteiger charge is -2.26. The average Bonchev–Trinajstić information content (AvgIpc) is 2.47. The van der Waals surface area contributed by atoms with Gasteiger partial charge in [0.2, 0.25) is 0 Å². The summed E-state index contributed by atoms with van der Waals surface area (Å²) in [7, 11) is 3.25. The SMILES string of the molecule is COc1ccc(CC(C)(O)c2ccccc2OC)cc1. The summed E-state index contributed by atoms with van der Waals surface area (Å²) in [6.07, 6.45) is 0.511. The molecular formula is C17H20O3. The Hall–Kier alpha value is -2.00. The van der Waals surface area contributed by atoms with Gasteiger partial charge in [0.05, 0.1) is 19.8 Å². The Morgan fingerprint density at radius 2 is 1.60 bits per heavy atom. The second kappa shape index (κ2) is 5.97. The Kier molecular flexibility index (Phi) is 4.30. The van der Waals surface area contributed by atoms with E-state index in [2.05, 4.69) is 0 Å². The normalized spacial score (nSPS) is 13.6. The number of methoxy groups -OCH3 is 2. The van der Waals surface area contributed by atoms with Crippen molar-refractivity contribution in [2.45, 2.75) is 18.9 Å². The van der Waals surface area contributed by atoms with E-state index >= 15 is 0 Å². The number of benzene rings is 2. The number of aliphatic hydroxyl groups is 1. The Balaban J connectivity index is 2.25. The minimum Gasteiger partial charge on any atom is -0.497 e. The highest BCUT2D eigenvalue weighted by Gasteiger charge is 2.26. The predicted molar refractivity (Wildman–Crippen MR) is 79.3 cm³/mol. The molecule has 0 bridgehead atoms. The molecule has 0 aliphatic rings. The molecule has 0 radical (unpaired) electrons. The first kappa shape index (κ1) is 14.4. The van der Waals surface area contributed by atoms with Gasteiger partial charge in [-0.25, -0.2) is 0 Å². The summed E-state index contributed by atoms with van der Waals surface area (Å²) in [6.45, 7) is 1.80. The average molecular weight is 272 g/mol. The summed E-state index contributed by atoms with van der Waals surface area (Å²) < 4.78 is 10.5. The molecule has 2 rings (SSSR count). The minimum atomic E-state index is -0.985. The highest BCUT2D eigenvalue weighted by Crippen LogP contribution is 2.32. The van der Waals surface area contributed by atoms with Crippen molar-refractivity contribution >= 4 is 0 Å². The molecule has 20 heavy (non-hydrogen) atoms. The molecule has 0 aromatic heterocycles. The molecule has 3 nitrogen and oxygen atoms in total. The largest absolute Gasteiger partial charge is 0.497 e. The quantitative estimate of drug-likeness (QED) is 0.908. The zero-order chi connectivity index (χ0) is 14.6. The van der Waals surface area contributed by atoms with Crippen molar-refractivity contribution < 1.29 is 14.6 Å². The molecule has 1 unspecified atom stereocenters. The maximum Gasteiger partial charge on any atom is 0.124 e. The first-order chi connectivity index (χ1) is 9.56. The monoisotopic (exact) mass is 272 g/mol. The van der Waals surface area contributed by atoms with E-state index in [1.165, 1.54) is 0 Å². The summed E-state index contributed by atoms with van der Waals surface area (Å²) in [5.74, 6) is 1.51. The summed E-state index contributed by atoms with van der Waals surface area (Å²) in [4.78, 5) is 0. The van der Waals surface area contributed by atoms with Crippen LogP contribution in [-0.2, 0) is 12.0 Å². The molecule has 0 amide bonds. The smallest absolute Gasteiger partial charge is 0.124 e. The fourth-order valence-electron chi connectivity index (χ4n) is 2.33. The second-order valence-electron chi connectivity index (χ2n) is 5.00. The molecule has 0 aliphatic heterocycles. The van der Waals surface area contributed by atoms with Gasteiger partial charge in [0.1, 0.15) is 11.5 Å². The van der Waals surface area contributed by atoms with Crippen molar-refractivity contribution in [2.75, 3.05) is 14.2 Å². The van der Waals surface area contributed by atoms with Crippen LogP contribution in [0.5, 0.6) is 11.5 Å². The highest BCUT2D eigenvalue weighted by molar-refractivity contribution is 5.39. The van der Waals surface area contributed by atoms with E-state index in [1.807, 2.05) is 48.5 Å². The number of hydrogen-bond donors (Lipinski definition) is 1. The maximum atomic E-state index is 10.8. The van der Waals surface area contributed by atoms with Gasteiger partial charge in [0.15, 0.2) is 0 Å². The first-order valence-electron chi connectivity index (χ1n) is 6.55. The number of rotatable bonds is 5. The zero-order valence-electron chi connectivity index (χ0n) is 12.1. The van der Waals surface area contributed by atoms with Crippen molar-refractivity contribution in [3.8, 4) is 11.5 Å². The lowest BCUT2D eigenvalue weighted by Crippen LogP contribution is -2.25. The van der Waals surface area contributed by atoms with Crippen LogP contribution in [0.25, 0.3) is 0 Å². The van der Waals surface area contributed by atoms with Gasteiger partial charge < -0.3 is 14.6 Å². The summed E-state index contributed by atoms with van der Waals surface area (Å²) in [6, 6.07) is 15.3. The molecule has 0 fully saturated rings. The second-order valence-corrected chi connectivity index (χ2v) is 5.00. The van der Waals surface area contributed by atoms with Crippen molar-refractivity contribution in [3.63, 3.8) is 0 Å². The lowest BCUT2D eigenvalue weighted by atomic mass is 9.88. The van der Waals surface area contributed by atoms with Crippen molar-refractivity contribution in [3.05, 3.63) is 59.7 Å². The van der Waals surface area contributed by atoms with Crippen LogP contribution in [0.4, 0.5) is 0 Å². The molecule has 0 saturated carbocycles. The van der Waals surface area contributed by atoms with Crippen LogP contribution < -0.4 is 9.47 Å². The van der Waals surface area contributed by atoms with E-state index in [0.717, 1.165) is 16.9 Å². The highest BCUT2D eigenvalue weighted by atomic mass is 16.5. The van der Waals surface area contributed by atoms with Crippen LogP contribution in [0.3, 0.4) is 0 Å². The van der Waals surface area contributed by atoms with Gasteiger partial charge in [0.25, 0.3) is 0 Å². The Labute approximate surface area is 119 Å². The fraction of sp³-hybridized carbons (Fsp3) is 0.294. The van der Waals surface area contributed by atoms with Crippen molar-refractivity contribution in [1.29, 1.82) is 0 Å². The van der Waals surface area contributed by atoms with E-state index in [1.54, 1.807) is 21.1 Å². The lowest BCUT2D eigenvalue weighted by molar-refractivity contribution is 0.0549. The molecule has 0 aliphatic carbocycles. The van der Waals surface area contributed by atoms with Crippen molar-refractivity contribution in [2.24, 2.45) is 0 Å². The van der Waals surface area contributed by atoms with E-state index in [0.29, 0.717) is 12.2 Å². The van der Waals surface area contributed by atoms with Gasteiger partial charge in [-0.15, -0.1) is 0 Å². The number of para-hydroxylation sites is 1. The van der Waals surface area contributed by atoms with E-state index < -0.39 is 5.60 Å². The first-order valence-corrected chi connectivity index (χ1v) is 6.55. The predicted octanol–water partition coefficient (Wildman–Crippen LogP) is 3.15. The van der Waals surface area contributed by atoms with Crippen LogP contribution in [0.15, 0.2) is 48.5 Å². The molecule has 106 valence electrons. The molecular weight excluding hydrogens is 252 g/mol. The maximum absolute atomic E-state index is 10.8. The Morgan fingerprint density at radius 1 is 0.950 bits per heavy atom. The Bertz CT molecular complexity index is 559. The zero-order valence-corrected chi connectivity index (χ0v) is 12.1. The van der Waals surface area contributed by atoms with Crippen molar-refractivity contribution in [1.82, 2.24) is 0 Å². The third-order valence-electron chi connectivity index (χ3n) is 3.39. The van der Waals surface area contributed by atoms with Crippen LogP contribution in [0.2, 0.25) is 0 Å². The Morgan fingerprint density at radius 3 is 2.20 bits per heavy atom. The molecule has 1 N–H and O–H groups in total. The topological polar surface area (TPSA) is 38.7 Å². The molecule has 2 aromatic rings. The summed E-state index contributed by atoms with van der Waals surface area (Å²) >= 11 is 0. The summed E-state index contributed by atoms with van der Waals surface area (Å²) in [5, 5.41) is 10.8. The van der Waals surface area contributed by atoms with E-state index in [9.17, 15) is 5.11 Å². The number of hydrogen-bond acceptors (Lipinski definition) is 3. The molecule has 0 saturated heterocycles. The van der Waals surface area contributed by atoms with Gasteiger partial charge in [0, 0.05) is 12.0 Å². The van der Waals surface area contributed by atoms with E-state index in [4.69, 9.17) is 9.47 Å². The summed E-state index contributed by atoms with van der Waals surface area (Å²) in [5.41, 5.74) is 0.848. The van der Waals surface area contributed by atoms with Gasteiger partial charge in [-0.3, -0.25) is 0 Å². The third-order valence-corrected chi connectivity index (χ3v) is 3.39. The molecule has 0 spiro atoms. The fourth-order valence-corrected chi connectivity index (χ4v) is 2.33. The molecule has 1 atom stereocenters. The number of ether oxygens (including phenoxy) is 2. The standard InChI is InChI=1S/C17H20O3/c1-17(18,15-6-4-5-7-16(15)20-3)12-13-8-10-14(19-2)11-9-13/h4-11,18H,12H2,1-3H3. The van der Waals surface area contributed by atoms with Gasteiger partial charge >= 0.3 is 0 Å². The third kappa shape index (κ3) is 3.11. The molecule has 2 aromatic carbocycles.